The summed E-state index contributed by atoms with van der Waals surface area (Å²) >= 11 is 0. The predicted octanol–water partition coefficient (Wildman–Crippen LogP) is 3.37. The second kappa shape index (κ2) is 6.96. The molecule has 0 radical (unpaired) electrons. The Morgan fingerprint density at radius 1 is 1.18 bits per heavy atom. The molecule has 0 spiro atoms. The van der Waals surface area contributed by atoms with Crippen LogP contribution in [0.5, 0.6) is 0 Å². The highest BCUT2D eigenvalue weighted by Crippen LogP contribution is 2.36. The van der Waals surface area contributed by atoms with Gasteiger partial charge in [-0.1, -0.05) is 24.3 Å². The Labute approximate surface area is 158 Å². The first-order chi connectivity index (χ1) is 13.4. The van der Waals surface area contributed by atoms with Crippen molar-refractivity contribution < 1.29 is 23.0 Å². The molecule has 0 bridgehead atoms. The number of H-pyrrole nitrogens is 1. The zero-order valence-electron chi connectivity index (χ0n) is 14.7. The van der Waals surface area contributed by atoms with Gasteiger partial charge in [0.2, 0.25) is 0 Å². The number of alkyl halides is 3. The number of rotatable bonds is 3. The Morgan fingerprint density at radius 2 is 1.96 bits per heavy atom. The van der Waals surface area contributed by atoms with Crippen molar-refractivity contribution >= 4 is 16.5 Å². The SMILES string of the molecule is O=c1[nH]c(-c2ccccc2C(F)(F)F)cc2ccc(N3COCC3CO)cc12. The topological polar surface area (TPSA) is 65.6 Å². The van der Waals surface area contributed by atoms with E-state index in [4.69, 9.17) is 4.74 Å². The van der Waals surface area contributed by atoms with Crippen molar-refractivity contribution in [3.05, 3.63) is 64.4 Å². The Morgan fingerprint density at radius 3 is 2.71 bits per heavy atom. The van der Waals surface area contributed by atoms with Gasteiger partial charge in [0.1, 0.15) is 6.73 Å². The van der Waals surface area contributed by atoms with E-state index in [2.05, 4.69) is 4.98 Å². The fourth-order valence-corrected chi connectivity index (χ4v) is 3.46. The molecule has 4 rings (SSSR count). The number of nitrogens with one attached hydrogen (secondary N) is 1. The zero-order valence-corrected chi connectivity index (χ0v) is 14.7. The summed E-state index contributed by atoms with van der Waals surface area (Å²) in [5.74, 6) is 0. The lowest BCUT2D eigenvalue weighted by atomic mass is 10.0. The van der Waals surface area contributed by atoms with Crippen LogP contribution >= 0.6 is 0 Å². The predicted molar refractivity (Wildman–Crippen MR) is 99.2 cm³/mol. The van der Waals surface area contributed by atoms with Crippen molar-refractivity contribution in [2.75, 3.05) is 24.8 Å². The van der Waals surface area contributed by atoms with E-state index in [0.29, 0.717) is 29.8 Å². The Bertz CT molecular complexity index is 1080. The van der Waals surface area contributed by atoms with Crippen molar-refractivity contribution in [3.63, 3.8) is 0 Å². The van der Waals surface area contributed by atoms with Crippen LogP contribution in [0.2, 0.25) is 0 Å². The van der Waals surface area contributed by atoms with Crippen molar-refractivity contribution in [3.8, 4) is 11.3 Å². The fourth-order valence-electron chi connectivity index (χ4n) is 3.46. The molecule has 0 amide bonds. The molecule has 1 saturated heterocycles. The minimum Gasteiger partial charge on any atom is -0.394 e. The van der Waals surface area contributed by atoms with Crippen molar-refractivity contribution in [2.24, 2.45) is 0 Å². The Balaban J connectivity index is 1.81. The van der Waals surface area contributed by atoms with Gasteiger partial charge in [-0.2, -0.15) is 13.2 Å². The molecule has 8 heteroatoms. The molecule has 1 unspecified atom stereocenters. The first kappa shape index (κ1) is 18.5. The van der Waals surface area contributed by atoms with E-state index in [0.717, 1.165) is 6.07 Å². The number of pyridine rings is 1. The molecule has 0 saturated carbocycles. The molecule has 146 valence electrons. The van der Waals surface area contributed by atoms with E-state index >= 15 is 0 Å². The third-order valence-electron chi connectivity index (χ3n) is 4.88. The molecule has 1 atom stereocenters. The first-order valence-electron chi connectivity index (χ1n) is 8.67. The number of fused-ring (bicyclic) bond motifs is 1. The van der Waals surface area contributed by atoms with E-state index < -0.39 is 17.3 Å². The lowest BCUT2D eigenvalue weighted by Crippen LogP contribution is -2.33. The van der Waals surface area contributed by atoms with E-state index in [1.165, 1.54) is 24.3 Å². The molecule has 1 fully saturated rings. The van der Waals surface area contributed by atoms with Crippen LogP contribution in [0.15, 0.2) is 53.3 Å². The van der Waals surface area contributed by atoms with Crippen molar-refractivity contribution in [1.82, 2.24) is 4.98 Å². The standard InChI is InChI=1S/C20H17F3N2O3/c21-20(22,23)17-4-2-1-3-15(17)18-7-12-5-6-13(8-16(12)19(27)24-18)25-11-28-10-14(25)9-26/h1-8,14,26H,9-11H2,(H,24,27). The molecule has 3 aromatic rings. The summed E-state index contributed by atoms with van der Waals surface area (Å²) in [5.41, 5.74) is -0.547. The normalized spacial score (nSPS) is 17.4. The number of aromatic nitrogens is 1. The average molecular weight is 390 g/mol. The summed E-state index contributed by atoms with van der Waals surface area (Å²) < 4.78 is 45.3. The molecule has 5 nitrogen and oxygen atoms in total. The van der Waals surface area contributed by atoms with Crippen LogP contribution in [0.1, 0.15) is 5.56 Å². The van der Waals surface area contributed by atoms with Gasteiger partial charge in [0.25, 0.3) is 5.56 Å². The number of halogens is 3. The van der Waals surface area contributed by atoms with Gasteiger partial charge >= 0.3 is 6.18 Å². The molecule has 1 aliphatic rings. The van der Waals surface area contributed by atoms with Gasteiger partial charge in [-0.25, -0.2) is 0 Å². The third kappa shape index (κ3) is 3.25. The van der Waals surface area contributed by atoms with Gasteiger partial charge in [-0.3, -0.25) is 4.79 Å². The highest BCUT2D eigenvalue weighted by Gasteiger charge is 2.33. The number of aromatic amines is 1. The van der Waals surface area contributed by atoms with E-state index in [1.54, 1.807) is 18.2 Å². The third-order valence-corrected chi connectivity index (χ3v) is 4.88. The van der Waals surface area contributed by atoms with Gasteiger partial charge < -0.3 is 19.7 Å². The molecule has 1 aliphatic heterocycles. The lowest BCUT2D eigenvalue weighted by molar-refractivity contribution is -0.137. The number of hydrogen-bond acceptors (Lipinski definition) is 4. The van der Waals surface area contributed by atoms with Crippen molar-refractivity contribution in [2.45, 2.75) is 12.2 Å². The molecule has 2 N–H and O–H groups in total. The van der Waals surface area contributed by atoms with Crippen LogP contribution in [0, 0.1) is 0 Å². The van der Waals surface area contributed by atoms with Crippen LogP contribution in [0.3, 0.4) is 0 Å². The monoisotopic (exact) mass is 390 g/mol. The second-order valence-corrected chi connectivity index (χ2v) is 6.63. The Kier molecular flexibility index (Phi) is 4.60. The number of hydrogen-bond donors (Lipinski definition) is 2. The summed E-state index contributed by atoms with van der Waals surface area (Å²) in [6.07, 6.45) is -4.53. The van der Waals surface area contributed by atoms with Crippen LogP contribution < -0.4 is 10.5 Å². The summed E-state index contributed by atoms with van der Waals surface area (Å²) in [6.45, 7) is 0.602. The van der Waals surface area contributed by atoms with Crippen LogP contribution in [0.25, 0.3) is 22.0 Å². The number of anilines is 1. The smallest absolute Gasteiger partial charge is 0.394 e. The number of benzene rings is 2. The Hall–Kier alpha value is -2.84. The minimum absolute atomic E-state index is 0.0774. The first-order valence-corrected chi connectivity index (χ1v) is 8.67. The van der Waals surface area contributed by atoms with E-state index in [9.17, 15) is 23.1 Å². The molecule has 2 heterocycles. The highest BCUT2D eigenvalue weighted by molar-refractivity contribution is 5.88. The van der Waals surface area contributed by atoms with Gasteiger partial charge in [-0.15, -0.1) is 0 Å². The maximum absolute atomic E-state index is 13.3. The summed E-state index contributed by atoms with van der Waals surface area (Å²) in [6, 6.07) is 11.6. The molecule has 2 aromatic carbocycles. The van der Waals surface area contributed by atoms with E-state index in [-0.39, 0.29) is 23.9 Å². The number of nitrogens with zero attached hydrogens (tertiary/aromatic N) is 1. The summed E-state index contributed by atoms with van der Waals surface area (Å²) in [7, 11) is 0. The maximum atomic E-state index is 13.3. The van der Waals surface area contributed by atoms with Gasteiger partial charge in [0.05, 0.1) is 24.8 Å². The lowest BCUT2D eigenvalue weighted by Gasteiger charge is -2.23. The summed E-state index contributed by atoms with van der Waals surface area (Å²) in [4.78, 5) is 17.0. The zero-order chi connectivity index (χ0) is 19.9. The van der Waals surface area contributed by atoms with Gasteiger partial charge in [0, 0.05) is 22.3 Å². The van der Waals surface area contributed by atoms with Crippen LogP contribution in [0.4, 0.5) is 18.9 Å². The average Bonchev–Trinajstić information content (AvgIpc) is 3.16. The molecule has 0 aliphatic carbocycles. The molecule has 1 aromatic heterocycles. The fraction of sp³-hybridized carbons (Fsp3) is 0.250. The number of ether oxygens (including phenoxy) is 1. The minimum atomic E-state index is -4.53. The molecular formula is C20H17F3N2O3. The quantitative estimate of drug-likeness (QED) is 0.720. The molecule has 28 heavy (non-hydrogen) atoms. The largest absolute Gasteiger partial charge is 0.417 e. The van der Waals surface area contributed by atoms with Crippen LogP contribution in [-0.4, -0.2) is 36.1 Å². The number of aliphatic hydroxyl groups excluding tert-OH is 1. The summed E-state index contributed by atoms with van der Waals surface area (Å²) in [5, 5.41) is 10.3. The number of aliphatic hydroxyl groups is 1. The molecular weight excluding hydrogens is 373 g/mol. The van der Waals surface area contributed by atoms with E-state index in [1.807, 2.05) is 4.90 Å². The second-order valence-electron chi connectivity index (χ2n) is 6.63. The van der Waals surface area contributed by atoms with Gasteiger partial charge in [-0.05, 0) is 29.7 Å². The maximum Gasteiger partial charge on any atom is 0.417 e. The highest BCUT2D eigenvalue weighted by atomic mass is 19.4. The van der Waals surface area contributed by atoms with Crippen LogP contribution in [-0.2, 0) is 10.9 Å². The van der Waals surface area contributed by atoms with Crippen molar-refractivity contribution in [1.29, 1.82) is 0 Å². The van der Waals surface area contributed by atoms with Gasteiger partial charge in [0.15, 0.2) is 0 Å².